The molecule has 8 heteroatoms. The van der Waals surface area contributed by atoms with E-state index >= 15 is 0 Å². The van der Waals surface area contributed by atoms with Crippen LogP contribution in [0.5, 0.6) is 0 Å². The number of aromatic amines is 1. The molecule has 0 bridgehead atoms. The van der Waals surface area contributed by atoms with Gasteiger partial charge >= 0.3 is 0 Å². The first-order valence-electron chi connectivity index (χ1n) is 4.70. The molecule has 1 unspecified atom stereocenters. The zero-order valence-electron chi connectivity index (χ0n) is 9.02. The van der Waals surface area contributed by atoms with E-state index in [9.17, 15) is 8.42 Å². The number of aryl methyl sites for hydroxylation is 1. The Bertz CT molecular complexity index is 480. The molecule has 0 amide bonds. The zero-order valence-corrected chi connectivity index (χ0v) is 10.7. The normalized spacial score (nSPS) is 13.6. The van der Waals surface area contributed by atoms with Gasteiger partial charge in [0.15, 0.2) is 5.03 Å². The van der Waals surface area contributed by atoms with Gasteiger partial charge < -0.3 is 10.7 Å². The number of aromatic nitrogens is 2. The van der Waals surface area contributed by atoms with Gasteiger partial charge in [-0.2, -0.15) is 4.72 Å². The summed E-state index contributed by atoms with van der Waals surface area (Å²) in [6, 6.07) is -0.538. The van der Waals surface area contributed by atoms with E-state index < -0.39 is 16.1 Å². The fourth-order valence-corrected chi connectivity index (χ4v) is 2.70. The van der Waals surface area contributed by atoms with Gasteiger partial charge in [-0.1, -0.05) is 19.1 Å². The summed E-state index contributed by atoms with van der Waals surface area (Å²) >= 11 is 4.76. The fraction of sp³-hybridized carbons (Fsp3) is 0.500. The molecule has 6 nitrogen and oxygen atoms in total. The molecule has 90 valence electrons. The van der Waals surface area contributed by atoms with Crippen molar-refractivity contribution in [1.82, 2.24) is 14.7 Å². The van der Waals surface area contributed by atoms with Gasteiger partial charge in [0, 0.05) is 0 Å². The van der Waals surface area contributed by atoms with Crippen LogP contribution in [-0.2, 0) is 10.0 Å². The van der Waals surface area contributed by atoms with E-state index in [0.29, 0.717) is 12.2 Å². The molecule has 1 aromatic rings. The van der Waals surface area contributed by atoms with Crippen LogP contribution in [0.15, 0.2) is 11.2 Å². The monoisotopic (exact) mass is 262 g/mol. The highest BCUT2D eigenvalue weighted by Crippen LogP contribution is 2.06. The fourth-order valence-electron chi connectivity index (χ4n) is 1.13. The first-order chi connectivity index (χ1) is 7.36. The van der Waals surface area contributed by atoms with E-state index in [1.165, 1.54) is 6.20 Å². The Balaban J connectivity index is 2.91. The number of H-pyrrole nitrogens is 1. The molecular weight excluding hydrogens is 248 g/mol. The maximum absolute atomic E-state index is 11.8. The van der Waals surface area contributed by atoms with Crippen LogP contribution in [0.2, 0.25) is 0 Å². The predicted octanol–water partition coefficient (Wildman–Crippen LogP) is 0.0611. The summed E-state index contributed by atoms with van der Waals surface area (Å²) < 4.78 is 26.1. The molecule has 1 atom stereocenters. The third kappa shape index (κ3) is 3.00. The van der Waals surface area contributed by atoms with E-state index in [-0.39, 0.29) is 10.0 Å². The summed E-state index contributed by atoms with van der Waals surface area (Å²) in [6.45, 7) is 3.47. The summed E-state index contributed by atoms with van der Waals surface area (Å²) in [4.78, 5) is 6.59. The van der Waals surface area contributed by atoms with Gasteiger partial charge in [0.05, 0.1) is 17.2 Å². The third-order valence-corrected chi connectivity index (χ3v) is 3.68. The molecule has 0 aliphatic carbocycles. The molecule has 0 saturated carbocycles. The van der Waals surface area contributed by atoms with Gasteiger partial charge in [0.2, 0.25) is 0 Å². The first-order valence-corrected chi connectivity index (χ1v) is 6.59. The Labute approximate surface area is 99.7 Å². The lowest BCUT2D eigenvalue weighted by molar-refractivity contribution is 0.569. The van der Waals surface area contributed by atoms with Gasteiger partial charge in [-0.05, 0) is 13.3 Å². The van der Waals surface area contributed by atoms with Crippen molar-refractivity contribution in [2.75, 3.05) is 0 Å². The molecule has 0 fully saturated rings. The van der Waals surface area contributed by atoms with Crippen molar-refractivity contribution in [2.45, 2.75) is 31.3 Å². The number of thiocarbonyl (C=S) groups is 1. The molecule has 1 heterocycles. The van der Waals surface area contributed by atoms with Crippen molar-refractivity contribution in [1.29, 1.82) is 0 Å². The topological polar surface area (TPSA) is 101 Å². The minimum Gasteiger partial charge on any atom is -0.392 e. The number of nitrogens with two attached hydrogens (primary N) is 1. The molecule has 0 spiro atoms. The summed E-state index contributed by atoms with van der Waals surface area (Å²) in [5, 5.41) is 0.0136. The molecular formula is C8H14N4O2S2. The smallest absolute Gasteiger partial charge is 0.258 e. The third-order valence-electron chi connectivity index (χ3n) is 2.02. The lowest BCUT2D eigenvalue weighted by atomic mass is 10.2. The highest BCUT2D eigenvalue weighted by atomic mass is 32.2. The second-order valence-electron chi connectivity index (χ2n) is 3.32. The van der Waals surface area contributed by atoms with Crippen LogP contribution >= 0.6 is 12.2 Å². The molecule has 0 saturated heterocycles. The van der Waals surface area contributed by atoms with Gasteiger partial charge in [-0.25, -0.2) is 13.4 Å². The molecule has 0 aromatic carbocycles. The summed E-state index contributed by atoms with van der Waals surface area (Å²) in [6.07, 6.45) is 1.76. The molecule has 0 aliphatic rings. The van der Waals surface area contributed by atoms with Crippen LogP contribution in [0, 0.1) is 6.92 Å². The quantitative estimate of drug-likeness (QED) is 0.651. The van der Waals surface area contributed by atoms with E-state index in [1.54, 1.807) is 13.8 Å². The molecule has 1 aromatic heterocycles. The average Bonchev–Trinajstić information content (AvgIpc) is 2.61. The maximum Gasteiger partial charge on any atom is 0.258 e. The molecule has 4 N–H and O–H groups in total. The van der Waals surface area contributed by atoms with Crippen LogP contribution in [0.25, 0.3) is 0 Å². The van der Waals surface area contributed by atoms with Crippen LogP contribution in [-0.4, -0.2) is 29.4 Å². The largest absolute Gasteiger partial charge is 0.392 e. The van der Waals surface area contributed by atoms with Gasteiger partial charge in [0.25, 0.3) is 10.0 Å². The van der Waals surface area contributed by atoms with E-state index in [4.69, 9.17) is 18.0 Å². The summed E-state index contributed by atoms with van der Waals surface area (Å²) in [5.41, 5.74) is 5.42. The lowest BCUT2D eigenvalue weighted by Crippen LogP contribution is -2.43. The molecule has 0 aliphatic heterocycles. The van der Waals surface area contributed by atoms with Crippen molar-refractivity contribution in [3.63, 3.8) is 0 Å². The number of hydrogen-bond acceptors (Lipinski definition) is 4. The molecule has 1 rings (SSSR count). The van der Waals surface area contributed by atoms with Gasteiger partial charge in [0.1, 0.15) is 5.82 Å². The van der Waals surface area contributed by atoms with E-state index in [2.05, 4.69) is 14.7 Å². The van der Waals surface area contributed by atoms with E-state index in [0.717, 1.165) is 0 Å². The van der Waals surface area contributed by atoms with Crippen LogP contribution < -0.4 is 10.5 Å². The van der Waals surface area contributed by atoms with Crippen molar-refractivity contribution in [2.24, 2.45) is 5.73 Å². The molecule has 0 radical (unpaired) electrons. The number of hydrogen-bond donors (Lipinski definition) is 3. The van der Waals surface area contributed by atoms with Crippen molar-refractivity contribution < 1.29 is 8.42 Å². The highest BCUT2D eigenvalue weighted by molar-refractivity contribution is 7.89. The van der Waals surface area contributed by atoms with Gasteiger partial charge in [-0.3, -0.25) is 0 Å². The van der Waals surface area contributed by atoms with Crippen molar-refractivity contribution in [3.8, 4) is 0 Å². The number of imidazole rings is 1. The van der Waals surface area contributed by atoms with Crippen LogP contribution in [0.4, 0.5) is 0 Å². The Morgan fingerprint density at radius 1 is 1.75 bits per heavy atom. The Morgan fingerprint density at radius 3 is 2.75 bits per heavy atom. The van der Waals surface area contributed by atoms with Crippen molar-refractivity contribution >= 4 is 27.2 Å². The number of nitrogens with one attached hydrogen (secondary N) is 2. The van der Waals surface area contributed by atoms with Crippen LogP contribution in [0.3, 0.4) is 0 Å². The zero-order chi connectivity index (χ0) is 12.3. The number of nitrogens with zero attached hydrogens (tertiary/aromatic N) is 1. The SMILES string of the molecule is CCC(NS(=O)(=O)c1cnc(C)[nH]1)C(N)=S. The van der Waals surface area contributed by atoms with Gasteiger partial charge in [-0.15, -0.1) is 0 Å². The average molecular weight is 262 g/mol. The number of rotatable bonds is 5. The maximum atomic E-state index is 11.8. The lowest BCUT2D eigenvalue weighted by Gasteiger charge is -2.14. The predicted molar refractivity (Wildman–Crippen MR) is 64.5 cm³/mol. The Kier molecular flexibility index (Phi) is 4.00. The summed E-state index contributed by atoms with van der Waals surface area (Å²) in [5.74, 6) is 0.531. The minimum absolute atomic E-state index is 0.0136. The Morgan fingerprint density at radius 2 is 2.38 bits per heavy atom. The highest BCUT2D eigenvalue weighted by Gasteiger charge is 2.22. The van der Waals surface area contributed by atoms with Crippen LogP contribution in [0.1, 0.15) is 19.2 Å². The minimum atomic E-state index is -3.63. The Hall–Kier alpha value is -0.990. The standard InChI is InChI=1S/C8H14N4O2S2/c1-3-6(8(9)15)12-16(13,14)7-4-10-5(2)11-7/h4,6,12H,3H2,1-2H3,(H2,9,15)(H,10,11). The van der Waals surface area contributed by atoms with Crippen molar-refractivity contribution in [3.05, 3.63) is 12.0 Å². The van der Waals surface area contributed by atoms with E-state index in [1.807, 2.05) is 0 Å². The molecule has 16 heavy (non-hydrogen) atoms. The summed E-state index contributed by atoms with van der Waals surface area (Å²) in [7, 11) is -3.63. The second-order valence-corrected chi connectivity index (χ2v) is 5.47. The first kappa shape index (κ1) is 13.1. The second kappa shape index (κ2) is 4.89. The number of sulfonamides is 1.